The van der Waals surface area contributed by atoms with Gasteiger partial charge in [-0.3, -0.25) is 9.59 Å². The maximum Gasteiger partial charge on any atom is 0.338 e. The first-order valence-electron chi connectivity index (χ1n) is 7.92. The molecule has 2 aromatic carbocycles. The SMILES string of the molecule is COC(=O)c1ccc(NC(=O)COC(=O)c2cccc(NC(C)=O)c2)cc1. The van der Waals surface area contributed by atoms with Gasteiger partial charge in [0.1, 0.15) is 0 Å². The monoisotopic (exact) mass is 370 g/mol. The molecule has 2 rings (SSSR count). The molecule has 8 heteroatoms. The lowest BCUT2D eigenvalue weighted by atomic mass is 10.2. The van der Waals surface area contributed by atoms with Crippen LogP contribution in [0.5, 0.6) is 0 Å². The van der Waals surface area contributed by atoms with Crippen molar-refractivity contribution in [2.24, 2.45) is 0 Å². The van der Waals surface area contributed by atoms with Crippen LogP contribution >= 0.6 is 0 Å². The summed E-state index contributed by atoms with van der Waals surface area (Å²) in [6.07, 6.45) is 0. The molecule has 2 amide bonds. The van der Waals surface area contributed by atoms with E-state index in [0.29, 0.717) is 16.9 Å². The summed E-state index contributed by atoms with van der Waals surface area (Å²) in [6, 6.07) is 12.2. The van der Waals surface area contributed by atoms with Gasteiger partial charge in [0.05, 0.1) is 18.2 Å². The zero-order valence-electron chi connectivity index (χ0n) is 14.8. The number of anilines is 2. The van der Waals surface area contributed by atoms with Crippen molar-refractivity contribution in [1.82, 2.24) is 0 Å². The van der Waals surface area contributed by atoms with Crippen molar-refractivity contribution < 1.29 is 28.7 Å². The minimum atomic E-state index is -0.696. The van der Waals surface area contributed by atoms with E-state index in [1.54, 1.807) is 12.1 Å². The molecule has 0 aliphatic carbocycles. The first-order chi connectivity index (χ1) is 12.9. The summed E-state index contributed by atoms with van der Waals surface area (Å²) in [6.45, 7) is 0.870. The van der Waals surface area contributed by atoms with Crippen molar-refractivity contribution in [1.29, 1.82) is 0 Å². The predicted octanol–water partition coefficient (Wildman–Crippen LogP) is 2.23. The van der Waals surface area contributed by atoms with E-state index in [2.05, 4.69) is 15.4 Å². The van der Waals surface area contributed by atoms with E-state index in [1.807, 2.05) is 0 Å². The summed E-state index contributed by atoms with van der Waals surface area (Å²) in [5, 5.41) is 5.10. The molecule has 2 N–H and O–H groups in total. The van der Waals surface area contributed by atoms with Gasteiger partial charge in [-0.2, -0.15) is 0 Å². The molecule has 0 aliphatic heterocycles. The molecule has 8 nitrogen and oxygen atoms in total. The van der Waals surface area contributed by atoms with Crippen LogP contribution < -0.4 is 10.6 Å². The summed E-state index contributed by atoms with van der Waals surface area (Å²) in [5.74, 6) is -1.98. The number of ether oxygens (including phenoxy) is 2. The van der Waals surface area contributed by atoms with Crippen molar-refractivity contribution >= 4 is 35.1 Å². The van der Waals surface area contributed by atoms with Crippen LogP contribution in [-0.2, 0) is 19.1 Å². The molecule has 0 bridgehead atoms. The zero-order chi connectivity index (χ0) is 19.8. The molecule has 0 radical (unpaired) electrons. The van der Waals surface area contributed by atoms with E-state index in [0.717, 1.165) is 0 Å². The summed E-state index contributed by atoms with van der Waals surface area (Å²) in [4.78, 5) is 46.3. The highest BCUT2D eigenvalue weighted by atomic mass is 16.5. The van der Waals surface area contributed by atoms with Gasteiger partial charge in [-0.15, -0.1) is 0 Å². The molecular weight excluding hydrogens is 352 g/mol. The zero-order valence-corrected chi connectivity index (χ0v) is 14.8. The topological polar surface area (TPSA) is 111 Å². The average molecular weight is 370 g/mol. The molecule has 0 heterocycles. The van der Waals surface area contributed by atoms with Crippen molar-refractivity contribution in [3.63, 3.8) is 0 Å². The number of hydrogen-bond donors (Lipinski definition) is 2. The van der Waals surface area contributed by atoms with E-state index in [-0.39, 0.29) is 11.5 Å². The number of amides is 2. The van der Waals surface area contributed by atoms with Crippen LogP contribution in [0.25, 0.3) is 0 Å². The number of methoxy groups -OCH3 is 1. The standard InChI is InChI=1S/C19H18N2O6/c1-12(22)20-16-5-3-4-14(10-16)19(25)27-11-17(23)21-15-8-6-13(7-9-15)18(24)26-2/h3-10H,11H2,1-2H3,(H,20,22)(H,21,23). The number of rotatable bonds is 6. The second kappa shape index (κ2) is 9.14. The molecule has 0 aromatic heterocycles. The average Bonchev–Trinajstić information content (AvgIpc) is 2.65. The summed E-state index contributed by atoms with van der Waals surface area (Å²) >= 11 is 0. The second-order valence-electron chi connectivity index (χ2n) is 5.46. The van der Waals surface area contributed by atoms with Crippen LogP contribution in [0.4, 0.5) is 11.4 Å². The Bertz CT molecular complexity index is 861. The molecule has 0 spiro atoms. The highest BCUT2D eigenvalue weighted by molar-refractivity contribution is 5.97. The number of carbonyl (C=O) groups excluding carboxylic acids is 4. The molecule has 0 aliphatic rings. The molecular formula is C19H18N2O6. The Labute approximate surface area is 155 Å². The normalized spacial score (nSPS) is 9.85. The van der Waals surface area contributed by atoms with Gasteiger partial charge in [-0.05, 0) is 42.5 Å². The van der Waals surface area contributed by atoms with Gasteiger partial charge < -0.3 is 20.1 Å². The molecule has 140 valence electrons. The summed E-state index contributed by atoms with van der Waals surface area (Å²) < 4.78 is 9.55. The maximum absolute atomic E-state index is 12.0. The smallest absolute Gasteiger partial charge is 0.338 e. The van der Waals surface area contributed by atoms with Gasteiger partial charge in [0.2, 0.25) is 5.91 Å². The second-order valence-corrected chi connectivity index (χ2v) is 5.46. The quantitative estimate of drug-likeness (QED) is 0.755. The number of benzene rings is 2. The Balaban J connectivity index is 1.88. The third kappa shape index (κ3) is 5.96. The highest BCUT2D eigenvalue weighted by Gasteiger charge is 2.12. The molecule has 0 saturated carbocycles. The molecule has 0 saturated heterocycles. The Hall–Kier alpha value is -3.68. The molecule has 0 fully saturated rings. The van der Waals surface area contributed by atoms with Gasteiger partial charge in [-0.25, -0.2) is 9.59 Å². The molecule has 0 atom stereocenters. The Morgan fingerprint density at radius 3 is 2.19 bits per heavy atom. The van der Waals surface area contributed by atoms with Gasteiger partial charge in [0.15, 0.2) is 6.61 Å². The van der Waals surface area contributed by atoms with E-state index < -0.39 is 24.5 Å². The van der Waals surface area contributed by atoms with E-state index >= 15 is 0 Å². The molecule has 27 heavy (non-hydrogen) atoms. The van der Waals surface area contributed by atoms with E-state index in [9.17, 15) is 19.2 Å². The lowest BCUT2D eigenvalue weighted by molar-refractivity contribution is -0.119. The van der Waals surface area contributed by atoms with Crippen molar-refractivity contribution in [3.8, 4) is 0 Å². The highest BCUT2D eigenvalue weighted by Crippen LogP contribution is 2.13. The third-order valence-corrected chi connectivity index (χ3v) is 3.34. The van der Waals surface area contributed by atoms with Crippen molar-refractivity contribution in [2.75, 3.05) is 24.4 Å². The first kappa shape index (κ1) is 19.6. The third-order valence-electron chi connectivity index (χ3n) is 3.34. The van der Waals surface area contributed by atoms with Gasteiger partial charge in [0, 0.05) is 18.3 Å². The van der Waals surface area contributed by atoms with Crippen LogP contribution in [0, 0.1) is 0 Å². The summed E-state index contributed by atoms with van der Waals surface area (Å²) in [7, 11) is 1.28. The number of hydrogen-bond acceptors (Lipinski definition) is 6. The fraction of sp³-hybridized carbons (Fsp3) is 0.158. The Morgan fingerprint density at radius 1 is 0.852 bits per heavy atom. The van der Waals surface area contributed by atoms with Crippen LogP contribution in [0.3, 0.4) is 0 Å². The number of esters is 2. The fourth-order valence-electron chi connectivity index (χ4n) is 2.15. The van der Waals surface area contributed by atoms with E-state index in [4.69, 9.17) is 4.74 Å². The van der Waals surface area contributed by atoms with Crippen LogP contribution in [0.2, 0.25) is 0 Å². The summed E-state index contributed by atoms with van der Waals surface area (Å²) in [5.41, 5.74) is 1.45. The van der Waals surface area contributed by atoms with Crippen LogP contribution in [0.1, 0.15) is 27.6 Å². The van der Waals surface area contributed by atoms with E-state index in [1.165, 1.54) is 50.4 Å². The van der Waals surface area contributed by atoms with Crippen LogP contribution in [0.15, 0.2) is 48.5 Å². The van der Waals surface area contributed by atoms with Gasteiger partial charge in [0.25, 0.3) is 5.91 Å². The molecule has 2 aromatic rings. The maximum atomic E-state index is 12.0. The Kier molecular flexibility index (Phi) is 6.65. The van der Waals surface area contributed by atoms with Crippen molar-refractivity contribution in [2.45, 2.75) is 6.92 Å². The predicted molar refractivity (Wildman–Crippen MR) is 97.4 cm³/mol. The fourth-order valence-corrected chi connectivity index (χ4v) is 2.15. The van der Waals surface area contributed by atoms with Crippen molar-refractivity contribution in [3.05, 3.63) is 59.7 Å². The largest absolute Gasteiger partial charge is 0.465 e. The lowest BCUT2D eigenvalue weighted by Crippen LogP contribution is -2.21. The minimum absolute atomic E-state index is 0.205. The minimum Gasteiger partial charge on any atom is -0.465 e. The lowest BCUT2D eigenvalue weighted by Gasteiger charge is -2.08. The number of nitrogens with one attached hydrogen (secondary N) is 2. The number of carbonyl (C=O) groups is 4. The van der Waals surface area contributed by atoms with Gasteiger partial charge >= 0.3 is 11.9 Å². The van der Waals surface area contributed by atoms with Gasteiger partial charge in [-0.1, -0.05) is 6.07 Å². The Morgan fingerprint density at radius 2 is 1.56 bits per heavy atom. The van der Waals surface area contributed by atoms with Crippen LogP contribution in [-0.4, -0.2) is 37.5 Å². The molecule has 0 unspecified atom stereocenters. The first-order valence-corrected chi connectivity index (χ1v) is 7.92.